The molecule has 0 radical (unpaired) electrons. The van der Waals surface area contributed by atoms with Gasteiger partial charge in [-0.05, 0) is 61.7 Å². The Labute approximate surface area is 187 Å². The van der Waals surface area contributed by atoms with Gasteiger partial charge < -0.3 is 18.9 Å². The van der Waals surface area contributed by atoms with Gasteiger partial charge in [-0.1, -0.05) is 17.2 Å². The van der Waals surface area contributed by atoms with Crippen molar-refractivity contribution >= 4 is 5.97 Å². The second kappa shape index (κ2) is 8.45. The van der Waals surface area contributed by atoms with E-state index in [0.29, 0.717) is 35.4 Å². The number of carbonyl (C=O) groups is 1. The molecule has 2 aromatic carbocycles. The van der Waals surface area contributed by atoms with Gasteiger partial charge in [0.15, 0.2) is 6.10 Å². The molecule has 1 N–H and O–H groups in total. The van der Waals surface area contributed by atoms with Crippen LogP contribution in [0.3, 0.4) is 0 Å². The molecule has 1 fully saturated rings. The summed E-state index contributed by atoms with van der Waals surface area (Å²) in [6.45, 7) is 1.91. The summed E-state index contributed by atoms with van der Waals surface area (Å²) in [5, 5.41) is 16.9. The maximum Gasteiger partial charge on any atom is 0.338 e. The number of hydrogen-bond acceptors (Lipinski definition) is 8. The molecular formula is C23H19FN4O5. The number of aromatic nitrogens is 4. The fourth-order valence-electron chi connectivity index (χ4n) is 3.31. The number of nitrogens with zero attached hydrogens (tertiary/aromatic N) is 4. The van der Waals surface area contributed by atoms with Gasteiger partial charge in [0, 0.05) is 17.0 Å². The highest BCUT2D eigenvalue weighted by atomic mass is 19.1. The van der Waals surface area contributed by atoms with E-state index in [1.807, 2.05) is 19.1 Å². The molecule has 2 aromatic heterocycles. The lowest BCUT2D eigenvalue weighted by molar-refractivity contribution is 0.0692. The van der Waals surface area contributed by atoms with Crippen molar-refractivity contribution in [2.24, 2.45) is 0 Å². The van der Waals surface area contributed by atoms with E-state index in [9.17, 15) is 9.18 Å². The average molecular weight is 450 g/mol. The monoisotopic (exact) mass is 450 g/mol. The topological polar surface area (TPSA) is 124 Å². The van der Waals surface area contributed by atoms with Gasteiger partial charge in [-0.25, -0.2) is 9.18 Å². The smallest absolute Gasteiger partial charge is 0.338 e. The number of carboxylic acids is 1. The Morgan fingerprint density at radius 3 is 2.45 bits per heavy atom. The first-order chi connectivity index (χ1) is 16.0. The van der Waals surface area contributed by atoms with Crippen LogP contribution in [-0.4, -0.2) is 31.4 Å². The molecular weight excluding hydrogens is 431 g/mol. The highest BCUT2D eigenvalue weighted by Crippen LogP contribution is 2.39. The van der Waals surface area contributed by atoms with Gasteiger partial charge in [0.1, 0.15) is 11.6 Å². The van der Waals surface area contributed by atoms with E-state index in [1.54, 1.807) is 12.1 Å². The van der Waals surface area contributed by atoms with Crippen LogP contribution in [0.15, 0.2) is 51.5 Å². The van der Waals surface area contributed by atoms with E-state index in [0.717, 1.165) is 30.5 Å². The zero-order chi connectivity index (χ0) is 22.9. The molecule has 9 nitrogen and oxygen atoms in total. The SMILES string of the molecule is CCC(Oc1ccc(-c2noc(C3CC3)n2)cc1)c1nc(-c2ccc(C(=O)O)c(F)c2)no1. The highest BCUT2D eigenvalue weighted by Gasteiger charge is 2.29. The maximum absolute atomic E-state index is 14.0. The lowest BCUT2D eigenvalue weighted by atomic mass is 10.1. The summed E-state index contributed by atoms with van der Waals surface area (Å²) < 4.78 is 30.6. The standard InChI is InChI=1S/C23H19FN4O5/c1-2-18(22-26-20(28-33-22)14-7-10-16(23(29)30)17(24)11-14)31-15-8-5-12(6-9-15)19-25-21(32-27-19)13-3-4-13/h5-11,13,18H,2-4H2,1H3,(H,29,30). The van der Waals surface area contributed by atoms with Gasteiger partial charge >= 0.3 is 5.97 Å². The fourth-order valence-corrected chi connectivity index (χ4v) is 3.31. The number of hydrogen-bond donors (Lipinski definition) is 1. The third-order valence-electron chi connectivity index (χ3n) is 5.30. The average Bonchev–Trinajstić information content (AvgIpc) is 3.34. The molecule has 0 saturated heterocycles. The first-order valence-electron chi connectivity index (χ1n) is 10.5. The van der Waals surface area contributed by atoms with Crippen molar-refractivity contribution in [2.75, 3.05) is 0 Å². The molecule has 1 atom stereocenters. The predicted molar refractivity (Wildman–Crippen MR) is 112 cm³/mol. The lowest BCUT2D eigenvalue weighted by Gasteiger charge is -2.13. The van der Waals surface area contributed by atoms with Crippen LogP contribution in [0.1, 0.15) is 60.3 Å². The summed E-state index contributed by atoms with van der Waals surface area (Å²) in [4.78, 5) is 19.7. The Kier molecular flexibility index (Phi) is 5.33. The molecule has 1 saturated carbocycles. The number of halogens is 1. The molecule has 33 heavy (non-hydrogen) atoms. The number of carboxylic acid groups (broad SMARTS) is 1. The van der Waals surface area contributed by atoms with Gasteiger partial charge in [0.25, 0.3) is 5.89 Å². The second-order valence-electron chi connectivity index (χ2n) is 7.73. The first kappa shape index (κ1) is 20.8. The molecule has 0 aliphatic heterocycles. The van der Waals surface area contributed by atoms with E-state index in [1.165, 1.54) is 6.07 Å². The molecule has 0 spiro atoms. The number of ether oxygens (including phenoxy) is 1. The Bertz CT molecular complexity index is 1300. The van der Waals surface area contributed by atoms with Crippen LogP contribution in [0.5, 0.6) is 5.75 Å². The zero-order valence-electron chi connectivity index (χ0n) is 17.6. The van der Waals surface area contributed by atoms with E-state index in [2.05, 4.69) is 20.3 Å². The summed E-state index contributed by atoms with van der Waals surface area (Å²) in [7, 11) is 0. The minimum atomic E-state index is -1.35. The van der Waals surface area contributed by atoms with E-state index >= 15 is 0 Å². The van der Waals surface area contributed by atoms with Gasteiger partial charge in [0.05, 0.1) is 5.56 Å². The zero-order valence-corrected chi connectivity index (χ0v) is 17.6. The van der Waals surface area contributed by atoms with E-state index < -0.39 is 23.5 Å². The molecule has 0 amide bonds. The Morgan fingerprint density at radius 1 is 1.09 bits per heavy atom. The summed E-state index contributed by atoms with van der Waals surface area (Å²) in [5.41, 5.74) is 0.695. The summed E-state index contributed by atoms with van der Waals surface area (Å²) in [6.07, 6.45) is 2.21. The lowest BCUT2D eigenvalue weighted by Crippen LogP contribution is -2.07. The van der Waals surface area contributed by atoms with Crippen LogP contribution in [-0.2, 0) is 0 Å². The summed E-state index contributed by atoms with van der Waals surface area (Å²) in [5.74, 6) is 0.354. The number of benzene rings is 2. The van der Waals surface area contributed by atoms with Gasteiger partial charge in [-0.15, -0.1) is 0 Å². The summed E-state index contributed by atoms with van der Waals surface area (Å²) >= 11 is 0. The van der Waals surface area contributed by atoms with Crippen molar-refractivity contribution in [1.29, 1.82) is 0 Å². The van der Waals surface area contributed by atoms with Crippen LogP contribution in [0.25, 0.3) is 22.8 Å². The second-order valence-corrected chi connectivity index (χ2v) is 7.73. The molecule has 10 heteroatoms. The number of rotatable bonds is 8. The predicted octanol–water partition coefficient (Wildman–Crippen LogP) is 5.03. The quantitative estimate of drug-likeness (QED) is 0.393. The molecule has 1 aliphatic carbocycles. The maximum atomic E-state index is 14.0. The first-order valence-corrected chi connectivity index (χ1v) is 10.5. The molecule has 1 unspecified atom stereocenters. The molecule has 168 valence electrons. The third kappa shape index (κ3) is 4.32. The Balaban J connectivity index is 1.30. The molecule has 0 bridgehead atoms. The molecule has 2 heterocycles. The van der Waals surface area contributed by atoms with Crippen molar-refractivity contribution in [3.8, 4) is 28.5 Å². The molecule has 1 aliphatic rings. The normalized spacial score (nSPS) is 14.2. The summed E-state index contributed by atoms with van der Waals surface area (Å²) in [6, 6.07) is 10.9. The van der Waals surface area contributed by atoms with Gasteiger partial charge in [-0.3, -0.25) is 0 Å². The van der Waals surface area contributed by atoms with Crippen LogP contribution in [0, 0.1) is 5.82 Å². The fraction of sp³-hybridized carbons (Fsp3) is 0.261. The van der Waals surface area contributed by atoms with Crippen molar-refractivity contribution in [2.45, 2.75) is 38.2 Å². The Morgan fingerprint density at radius 2 is 1.79 bits per heavy atom. The van der Waals surface area contributed by atoms with Crippen LogP contribution in [0.4, 0.5) is 4.39 Å². The minimum Gasteiger partial charge on any atom is -0.481 e. The number of aromatic carboxylic acids is 1. The van der Waals surface area contributed by atoms with Crippen LogP contribution in [0.2, 0.25) is 0 Å². The molecule has 4 aromatic rings. The Hall–Kier alpha value is -4.08. The van der Waals surface area contributed by atoms with Crippen LogP contribution < -0.4 is 4.74 Å². The van der Waals surface area contributed by atoms with Gasteiger partial charge in [0.2, 0.25) is 17.5 Å². The largest absolute Gasteiger partial charge is 0.481 e. The van der Waals surface area contributed by atoms with Crippen molar-refractivity contribution in [3.05, 3.63) is 65.6 Å². The molecule has 5 rings (SSSR count). The third-order valence-corrected chi connectivity index (χ3v) is 5.30. The van der Waals surface area contributed by atoms with Crippen LogP contribution >= 0.6 is 0 Å². The van der Waals surface area contributed by atoms with Gasteiger partial charge in [-0.2, -0.15) is 9.97 Å². The van der Waals surface area contributed by atoms with Crippen molar-refractivity contribution in [1.82, 2.24) is 20.3 Å². The van der Waals surface area contributed by atoms with Crippen molar-refractivity contribution in [3.63, 3.8) is 0 Å². The van der Waals surface area contributed by atoms with E-state index in [-0.39, 0.29) is 11.7 Å². The van der Waals surface area contributed by atoms with Crippen molar-refractivity contribution < 1.29 is 28.1 Å². The van der Waals surface area contributed by atoms with E-state index in [4.69, 9.17) is 18.9 Å². The highest BCUT2D eigenvalue weighted by molar-refractivity contribution is 5.88. The minimum absolute atomic E-state index is 0.141.